The summed E-state index contributed by atoms with van der Waals surface area (Å²) in [7, 11) is 0. The van der Waals surface area contributed by atoms with Gasteiger partial charge in [-0.1, -0.05) is 0 Å². The fourth-order valence-corrected chi connectivity index (χ4v) is 5.16. The van der Waals surface area contributed by atoms with Crippen LogP contribution in [0.1, 0.15) is 68.5 Å². The fraction of sp³-hybridized carbons (Fsp3) is 0.444. The number of aromatic nitrogens is 1. The zero-order valence-electron chi connectivity index (χ0n) is 20.2. The predicted octanol–water partition coefficient (Wildman–Crippen LogP) is 4.39. The van der Waals surface area contributed by atoms with Gasteiger partial charge in [0.25, 0.3) is 5.91 Å². The lowest BCUT2D eigenvalue weighted by Gasteiger charge is -2.40. The number of halogens is 1. The number of pyridine rings is 1. The van der Waals surface area contributed by atoms with Gasteiger partial charge in [0.2, 0.25) is 5.91 Å². The summed E-state index contributed by atoms with van der Waals surface area (Å²) in [6.45, 7) is 6.05. The minimum Gasteiger partial charge on any atom is -0.449 e. The highest BCUT2D eigenvalue weighted by Gasteiger charge is 2.42. The molecule has 8 heteroatoms. The average Bonchev–Trinajstić information content (AvgIpc) is 3.25. The van der Waals surface area contributed by atoms with Gasteiger partial charge in [-0.05, 0) is 82.7 Å². The lowest BCUT2D eigenvalue weighted by atomic mass is 9.77. The van der Waals surface area contributed by atoms with Crippen LogP contribution < -0.4 is 5.32 Å². The number of rotatable bonds is 3. The van der Waals surface area contributed by atoms with Gasteiger partial charge in [0, 0.05) is 30.3 Å². The normalized spacial score (nSPS) is 24.4. The van der Waals surface area contributed by atoms with Gasteiger partial charge >= 0.3 is 0 Å². The Hall–Kier alpha value is -3.26. The number of aliphatic hydroxyl groups is 1. The van der Waals surface area contributed by atoms with Crippen molar-refractivity contribution in [2.45, 2.75) is 63.5 Å². The van der Waals surface area contributed by atoms with E-state index in [1.807, 2.05) is 13.0 Å². The molecule has 0 radical (unpaired) electrons. The average molecular weight is 480 g/mol. The Balaban J connectivity index is 1.59. The molecular weight excluding hydrogens is 449 g/mol. The lowest BCUT2D eigenvalue weighted by Crippen LogP contribution is -2.63. The second-order valence-electron chi connectivity index (χ2n) is 10.5. The number of nitrogens with zero attached hydrogens (tertiary/aromatic N) is 2. The van der Waals surface area contributed by atoms with Crippen LogP contribution in [-0.2, 0) is 4.79 Å². The molecule has 184 valence electrons. The van der Waals surface area contributed by atoms with Crippen molar-refractivity contribution in [3.05, 3.63) is 53.5 Å². The highest BCUT2D eigenvalue weighted by atomic mass is 19.1. The Bertz CT molecular complexity index is 1290. The van der Waals surface area contributed by atoms with Crippen LogP contribution in [0, 0.1) is 5.82 Å². The minimum atomic E-state index is -1.00. The predicted molar refractivity (Wildman–Crippen MR) is 129 cm³/mol. The van der Waals surface area contributed by atoms with Crippen LogP contribution >= 0.6 is 0 Å². The number of carbonyl (C=O) groups excluding carboxylic acids is 2. The topological polar surface area (TPSA) is 95.7 Å². The SMILES string of the molecule is CC1(O)CCC(c2cc(-c3ccc(F)cc3)nc3cc(C(=O)N4CCNC(=O)C4(C)C)oc23)CC1. The van der Waals surface area contributed by atoms with E-state index in [9.17, 15) is 19.1 Å². The Morgan fingerprint density at radius 1 is 1.17 bits per heavy atom. The molecule has 1 saturated heterocycles. The smallest absolute Gasteiger partial charge is 0.290 e. The number of nitrogens with one attached hydrogen (secondary N) is 1. The van der Waals surface area contributed by atoms with E-state index in [4.69, 9.17) is 9.40 Å². The van der Waals surface area contributed by atoms with Gasteiger partial charge in [0.15, 0.2) is 11.3 Å². The van der Waals surface area contributed by atoms with Crippen molar-refractivity contribution in [3.8, 4) is 11.3 Å². The van der Waals surface area contributed by atoms with E-state index < -0.39 is 11.1 Å². The molecule has 7 nitrogen and oxygen atoms in total. The first-order valence-corrected chi connectivity index (χ1v) is 12.1. The molecule has 0 spiro atoms. The highest BCUT2D eigenvalue weighted by molar-refractivity contribution is 6.00. The summed E-state index contributed by atoms with van der Waals surface area (Å²) < 4.78 is 19.7. The number of furan rings is 1. The first-order chi connectivity index (χ1) is 16.5. The van der Waals surface area contributed by atoms with E-state index in [1.54, 1.807) is 32.0 Å². The number of benzene rings is 1. The monoisotopic (exact) mass is 479 g/mol. The molecule has 35 heavy (non-hydrogen) atoms. The maximum Gasteiger partial charge on any atom is 0.290 e. The summed E-state index contributed by atoms with van der Waals surface area (Å²) in [4.78, 5) is 32.1. The molecule has 1 aliphatic carbocycles. The van der Waals surface area contributed by atoms with Crippen LogP contribution in [0.5, 0.6) is 0 Å². The van der Waals surface area contributed by atoms with Crippen molar-refractivity contribution in [1.82, 2.24) is 15.2 Å². The number of carbonyl (C=O) groups is 2. The lowest BCUT2D eigenvalue weighted by molar-refractivity contribution is -0.133. The number of hydrogen-bond acceptors (Lipinski definition) is 5. The summed E-state index contributed by atoms with van der Waals surface area (Å²) in [5.74, 6) is -0.626. The van der Waals surface area contributed by atoms with Gasteiger partial charge in [-0.25, -0.2) is 9.37 Å². The molecule has 2 fully saturated rings. The summed E-state index contributed by atoms with van der Waals surface area (Å²) in [5.41, 5.74) is 1.76. The number of amides is 2. The summed E-state index contributed by atoms with van der Waals surface area (Å²) >= 11 is 0. The van der Waals surface area contributed by atoms with E-state index in [0.29, 0.717) is 42.7 Å². The van der Waals surface area contributed by atoms with E-state index in [1.165, 1.54) is 17.0 Å². The third-order valence-corrected chi connectivity index (χ3v) is 7.46. The zero-order chi connectivity index (χ0) is 25.0. The van der Waals surface area contributed by atoms with Crippen molar-refractivity contribution in [2.75, 3.05) is 13.1 Å². The van der Waals surface area contributed by atoms with Gasteiger partial charge in [-0.15, -0.1) is 0 Å². The van der Waals surface area contributed by atoms with Crippen LogP contribution in [0.4, 0.5) is 4.39 Å². The van der Waals surface area contributed by atoms with Gasteiger partial charge in [0.1, 0.15) is 16.9 Å². The highest BCUT2D eigenvalue weighted by Crippen LogP contribution is 2.42. The molecule has 0 atom stereocenters. The van der Waals surface area contributed by atoms with Crippen molar-refractivity contribution in [2.24, 2.45) is 0 Å². The quantitative estimate of drug-likeness (QED) is 0.581. The van der Waals surface area contributed by atoms with Gasteiger partial charge < -0.3 is 19.7 Å². The van der Waals surface area contributed by atoms with Gasteiger partial charge in [-0.2, -0.15) is 0 Å². The van der Waals surface area contributed by atoms with E-state index >= 15 is 0 Å². The summed E-state index contributed by atoms with van der Waals surface area (Å²) in [5, 5.41) is 13.2. The zero-order valence-corrected chi connectivity index (χ0v) is 20.2. The number of hydrogen-bond donors (Lipinski definition) is 2. The first kappa shape index (κ1) is 23.5. The van der Waals surface area contributed by atoms with E-state index in [2.05, 4.69) is 5.32 Å². The maximum absolute atomic E-state index is 13.5. The Morgan fingerprint density at radius 3 is 2.54 bits per heavy atom. The maximum atomic E-state index is 13.5. The molecule has 2 N–H and O–H groups in total. The fourth-order valence-electron chi connectivity index (χ4n) is 5.16. The molecule has 2 aromatic heterocycles. The standard InChI is InChI=1S/C27H30FN3O4/c1-26(2)25(33)29-12-13-31(26)24(32)22-15-21-23(35-22)19(16-8-10-27(3,34)11-9-16)14-20(30-21)17-4-6-18(28)7-5-17/h4-7,14-16,34H,8-13H2,1-3H3,(H,29,33). The molecule has 0 unspecified atom stereocenters. The molecule has 1 saturated carbocycles. The van der Waals surface area contributed by atoms with Gasteiger partial charge in [0.05, 0.1) is 11.3 Å². The van der Waals surface area contributed by atoms with E-state index in [0.717, 1.165) is 24.0 Å². The van der Waals surface area contributed by atoms with Gasteiger partial charge in [-0.3, -0.25) is 9.59 Å². The number of fused-ring (bicyclic) bond motifs is 1. The van der Waals surface area contributed by atoms with Crippen LogP contribution in [0.25, 0.3) is 22.4 Å². The van der Waals surface area contributed by atoms with Crippen molar-refractivity contribution in [1.29, 1.82) is 0 Å². The van der Waals surface area contributed by atoms with Crippen LogP contribution in [-0.4, -0.2) is 51.0 Å². The molecule has 1 aliphatic heterocycles. The Morgan fingerprint density at radius 2 is 1.86 bits per heavy atom. The van der Waals surface area contributed by atoms with Crippen molar-refractivity contribution in [3.63, 3.8) is 0 Å². The van der Waals surface area contributed by atoms with Crippen molar-refractivity contribution < 1.29 is 23.5 Å². The first-order valence-electron chi connectivity index (χ1n) is 12.1. The summed E-state index contributed by atoms with van der Waals surface area (Å²) in [6, 6.07) is 9.74. The second-order valence-corrected chi connectivity index (χ2v) is 10.5. The molecule has 3 heterocycles. The molecule has 1 aromatic carbocycles. The third-order valence-electron chi connectivity index (χ3n) is 7.46. The van der Waals surface area contributed by atoms with E-state index in [-0.39, 0.29) is 29.3 Å². The largest absolute Gasteiger partial charge is 0.449 e. The van der Waals surface area contributed by atoms with Crippen LogP contribution in [0.3, 0.4) is 0 Å². The van der Waals surface area contributed by atoms with Crippen molar-refractivity contribution >= 4 is 22.9 Å². The molecular formula is C27H30FN3O4. The Labute approximate surface area is 203 Å². The Kier molecular flexibility index (Phi) is 5.67. The number of piperazine rings is 1. The molecule has 2 amide bonds. The minimum absolute atomic E-state index is 0.131. The molecule has 2 aliphatic rings. The van der Waals surface area contributed by atoms with Crippen LogP contribution in [0.2, 0.25) is 0 Å². The second kappa shape index (κ2) is 8.45. The third kappa shape index (κ3) is 4.31. The van der Waals surface area contributed by atoms with Crippen LogP contribution in [0.15, 0.2) is 40.8 Å². The molecule has 0 bridgehead atoms. The summed E-state index contributed by atoms with van der Waals surface area (Å²) in [6.07, 6.45) is 2.88. The molecule has 5 rings (SSSR count). The molecule has 3 aromatic rings.